The largest absolute Gasteiger partial charge is 0.478 e. The standard InChI is InChI=1S/C30H27Cl2FN2O5/c1-29(2,3)14-17-15-35(28(39)40-19-10-7-16(8-11-19)26(36)37)25(20-5-4-6-22(32)24(20)33)30(17)21-12-9-18(31)13-23(21)34-27(30)38/h4-13,17,25H,14-15H2,1-3H3,(H,34,38)(H,36,37)/t17-,25-,30?/m1/s1. The van der Waals surface area contributed by atoms with E-state index < -0.39 is 35.3 Å². The molecule has 5 rings (SSSR count). The number of halogens is 3. The fourth-order valence-electron chi connectivity index (χ4n) is 6.08. The molecular formula is C30H27Cl2FN2O5. The number of fused-ring (bicyclic) bond motifs is 2. The summed E-state index contributed by atoms with van der Waals surface area (Å²) >= 11 is 12.5. The summed E-state index contributed by atoms with van der Waals surface area (Å²) in [6.07, 6.45) is -0.281. The van der Waals surface area contributed by atoms with Gasteiger partial charge < -0.3 is 15.2 Å². The van der Waals surface area contributed by atoms with Crippen LogP contribution >= 0.6 is 23.2 Å². The summed E-state index contributed by atoms with van der Waals surface area (Å²) in [5.41, 5.74) is -0.394. The fraction of sp³-hybridized carbons (Fsp3) is 0.300. The first-order valence-electron chi connectivity index (χ1n) is 12.7. The average molecular weight is 585 g/mol. The molecule has 10 heteroatoms. The second-order valence-electron chi connectivity index (χ2n) is 11.4. The number of carboxylic acid groups (broad SMARTS) is 1. The Morgan fingerprint density at radius 3 is 2.48 bits per heavy atom. The van der Waals surface area contributed by atoms with E-state index in [1.807, 2.05) is 20.8 Å². The molecule has 1 unspecified atom stereocenters. The van der Waals surface area contributed by atoms with E-state index in [9.17, 15) is 19.5 Å². The number of carbonyl (C=O) groups excluding carboxylic acids is 2. The quantitative estimate of drug-likeness (QED) is 0.334. The Labute approximate surface area is 240 Å². The molecule has 1 spiro atoms. The molecule has 3 aromatic rings. The summed E-state index contributed by atoms with van der Waals surface area (Å²) < 4.78 is 21.5. The molecule has 7 nitrogen and oxygen atoms in total. The highest BCUT2D eigenvalue weighted by Crippen LogP contribution is 2.60. The number of likely N-dealkylation sites (tertiary alicyclic amines) is 1. The first-order valence-corrected chi connectivity index (χ1v) is 13.5. The van der Waals surface area contributed by atoms with E-state index in [2.05, 4.69) is 5.32 Å². The van der Waals surface area contributed by atoms with E-state index in [-0.39, 0.29) is 39.8 Å². The number of nitrogens with one attached hydrogen (secondary N) is 1. The van der Waals surface area contributed by atoms with Crippen molar-refractivity contribution in [2.24, 2.45) is 11.3 Å². The van der Waals surface area contributed by atoms with Crippen LogP contribution in [-0.2, 0) is 10.2 Å². The molecular weight excluding hydrogens is 558 g/mol. The summed E-state index contributed by atoms with van der Waals surface area (Å²) in [6, 6.07) is 13.8. The lowest BCUT2D eigenvalue weighted by Crippen LogP contribution is -2.46. The maximum atomic E-state index is 15.8. The van der Waals surface area contributed by atoms with Gasteiger partial charge in [0.25, 0.3) is 0 Å². The van der Waals surface area contributed by atoms with Gasteiger partial charge in [-0.2, -0.15) is 0 Å². The van der Waals surface area contributed by atoms with Gasteiger partial charge in [-0.15, -0.1) is 0 Å². The molecule has 0 aromatic heterocycles. The van der Waals surface area contributed by atoms with Crippen LogP contribution in [0, 0.1) is 17.2 Å². The molecule has 3 atom stereocenters. The van der Waals surface area contributed by atoms with E-state index in [1.54, 1.807) is 24.3 Å². The molecule has 2 aliphatic heterocycles. The Morgan fingerprint density at radius 1 is 1.12 bits per heavy atom. The number of nitrogens with zero attached hydrogens (tertiary/aromatic N) is 1. The van der Waals surface area contributed by atoms with Gasteiger partial charge in [-0.25, -0.2) is 14.0 Å². The molecule has 2 heterocycles. The molecule has 1 saturated heterocycles. The van der Waals surface area contributed by atoms with Crippen LogP contribution in [0.25, 0.3) is 0 Å². The minimum atomic E-state index is -1.37. The van der Waals surface area contributed by atoms with Gasteiger partial charge in [0.2, 0.25) is 5.91 Å². The first kappa shape index (κ1) is 27.9. The zero-order chi connectivity index (χ0) is 29.0. The molecule has 2 amide bonds. The van der Waals surface area contributed by atoms with Gasteiger partial charge in [-0.3, -0.25) is 9.69 Å². The van der Waals surface area contributed by atoms with Crippen molar-refractivity contribution in [3.05, 3.63) is 93.2 Å². The molecule has 0 radical (unpaired) electrons. The number of carboxylic acids is 1. The second-order valence-corrected chi connectivity index (χ2v) is 12.2. The van der Waals surface area contributed by atoms with Gasteiger partial charge in [0.05, 0.1) is 16.6 Å². The number of hydrogen-bond donors (Lipinski definition) is 2. The topological polar surface area (TPSA) is 95.9 Å². The molecule has 2 N–H and O–H groups in total. The summed E-state index contributed by atoms with van der Waals surface area (Å²) in [5.74, 6) is -2.54. The maximum absolute atomic E-state index is 15.8. The van der Waals surface area contributed by atoms with Crippen molar-refractivity contribution in [3.8, 4) is 5.75 Å². The van der Waals surface area contributed by atoms with Gasteiger partial charge in [-0.05, 0) is 65.8 Å². The molecule has 40 heavy (non-hydrogen) atoms. The Morgan fingerprint density at radius 2 is 1.82 bits per heavy atom. The Kier molecular flexibility index (Phi) is 7.04. The van der Waals surface area contributed by atoms with Crippen molar-refractivity contribution < 1.29 is 28.6 Å². The summed E-state index contributed by atoms with van der Waals surface area (Å²) in [4.78, 5) is 40.6. The van der Waals surface area contributed by atoms with Crippen LogP contribution in [0.1, 0.15) is 54.7 Å². The van der Waals surface area contributed by atoms with Gasteiger partial charge in [0, 0.05) is 22.8 Å². The van der Waals surface area contributed by atoms with Crippen LogP contribution in [0.4, 0.5) is 14.9 Å². The lowest BCUT2D eigenvalue weighted by molar-refractivity contribution is -0.123. The Balaban J connectivity index is 1.69. The van der Waals surface area contributed by atoms with Crippen LogP contribution in [0.3, 0.4) is 0 Å². The lowest BCUT2D eigenvalue weighted by Gasteiger charge is -2.38. The number of benzene rings is 3. The highest BCUT2D eigenvalue weighted by atomic mass is 35.5. The van der Waals surface area contributed by atoms with Crippen molar-refractivity contribution in [2.45, 2.75) is 38.6 Å². The van der Waals surface area contributed by atoms with Crippen LogP contribution in [0.5, 0.6) is 5.75 Å². The molecule has 2 aliphatic rings. The highest BCUT2D eigenvalue weighted by Gasteiger charge is 2.65. The average Bonchev–Trinajstić information content (AvgIpc) is 3.35. The van der Waals surface area contributed by atoms with Crippen LogP contribution in [-0.4, -0.2) is 34.5 Å². The predicted molar refractivity (Wildman–Crippen MR) is 150 cm³/mol. The third kappa shape index (κ3) is 4.69. The molecule has 0 saturated carbocycles. The van der Waals surface area contributed by atoms with Crippen molar-refractivity contribution in [1.29, 1.82) is 0 Å². The summed E-state index contributed by atoms with van der Waals surface area (Å²) in [6.45, 7) is 6.21. The van der Waals surface area contributed by atoms with Crippen molar-refractivity contribution in [1.82, 2.24) is 4.90 Å². The highest BCUT2D eigenvalue weighted by molar-refractivity contribution is 6.31. The number of anilines is 1. The number of amides is 2. The third-order valence-electron chi connectivity index (χ3n) is 7.53. The minimum Gasteiger partial charge on any atom is -0.478 e. The minimum absolute atomic E-state index is 0.0296. The first-order chi connectivity index (χ1) is 18.8. The van der Waals surface area contributed by atoms with Crippen molar-refractivity contribution >= 4 is 46.9 Å². The summed E-state index contributed by atoms with van der Waals surface area (Å²) in [7, 11) is 0. The number of carbonyl (C=O) groups is 3. The number of rotatable bonds is 4. The third-order valence-corrected chi connectivity index (χ3v) is 8.06. The van der Waals surface area contributed by atoms with E-state index in [4.69, 9.17) is 27.9 Å². The van der Waals surface area contributed by atoms with Gasteiger partial charge >= 0.3 is 12.1 Å². The normalized spacial score (nSPS) is 21.9. The van der Waals surface area contributed by atoms with E-state index in [0.717, 1.165) is 0 Å². The molecule has 208 valence electrons. The zero-order valence-electron chi connectivity index (χ0n) is 22.0. The van der Waals surface area contributed by atoms with Crippen molar-refractivity contribution in [2.75, 3.05) is 11.9 Å². The van der Waals surface area contributed by atoms with Gasteiger partial charge in [-0.1, -0.05) is 62.2 Å². The predicted octanol–water partition coefficient (Wildman–Crippen LogP) is 7.33. The van der Waals surface area contributed by atoms with Crippen LogP contribution in [0.15, 0.2) is 60.7 Å². The Hall–Kier alpha value is -3.62. The van der Waals surface area contributed by atoms with Crippen LogP contribution in [0.2, 0.25) is 10.0 Å². The van der Waals surface area contributed by atoms with E-state index in [0.29, 0.717) is 22.7 Å². The zero-order valence-corrected chi connectivity index (χ0v) is 23.5. The lowest BCUT2D eigenvalue weighted by atomic mass is 9.63. The van der Waals surface area contributed by atoms with Crippen molar-refractivity contribution in [3.63, 3.8) is 0 Å². The molecule has 3 aromatic carbocycles. The van der Waals surface area contributed by atoms with Crippen LogP contribution < -0.4 is 10.1 Å². The van der Waals surface area contributed by atoms with E-state index >= 15 is 4.39 Å². The van der Waals surface area contributed by atoms with Gasteiger partial charge in [0.1, 0.15) is 17.0 Å². The molecule has 0 aliphatic carbocycles. The Bertz CT molecular complexity index is 1520. The number of aromatic carboxylic acids is 1. The SMILES string of the molecule is CC(C)(C)C[C@@H]1CN(C(=O)Oc2ccc(C(=O)O)cc2)[C@H](c2cccc(Cl)c2F)C12C(=O)Nc1cc(Cl)ccc12. The maximum Gasteiger partial charge on any atom is 0.415 e. The smallest absolute Gasteiger partial charge is 0.415 e. The monoisotopic (exact) mass is 584 g/mol. The number of hydrogen-bond acceptors (Lipinski definition) is 4. The second kappa shape index (κ2) is 10.1. The van der Waals surface area contributed by atoms with E-state index in [1.165, 1.54) is 41.3 Å². The number of ether oxygens (including phenoxy) is 1. The molecule has 0 bridgehead atoms. The molecule has 1 fully saturated rings. The fourth-order valence-corrected chi connectivity index (χ4v) is 6.43. The van der Waals surface area contributed by atoms with Gasteiger partial charge in [0.15, 0.2) is 0 Å². The summed E-state index contributed by atoms with van der Waals surface area (Å²) in [5, 5.41) is 12.4.